The van der Waals surface area contributed by atoms with Crippen LogP contribution in [0.4, 0.5) is 0 Å². The molecular weight excluding hydrogens is 262 g/mol. The van der Waals surface area contributed by atoms with E-state index in [-0.39, 0.29) is 4.99 Å². The van der Waals surface area contributed by atoms with Crippen molar-refractivity contribution < 1.29 is 14.6 Å². The van der Waals surface area contributed by atoms with Crippen molar-refractivity contribution in [3.8, 4) is 5.75 Å². The fraction of sp³-hybridized carbons (Fsp3) is 0.273. The van der Waals surface area contributed by atoms with Gasteiger partial charge in [-0.15, -0.1) is 0 Å². The number of thiocarbonyl (C=S) groups is 1. The van der Waals surface area contributed by atoms with E-state index in [1.807, 2.05) is 0 Å². The largest absolute Gasteiger partial charge is 0.479 e. The second-order valence-electron chi connectivity index (χ2n) is 3.36. The second-order valence-corrected chi connectivity index (χ2v) is 4.23. The van der Waals surface area contributed by atoms with E-state index in [1.165, 1.54) is 6.07 Å². The minimum absolute atomic E-state index is 0.136. The lowest BCUT2D eigenvalue weighted by Crippen LogP contribution is -2.27. The normalized spacial score (nSPS) is 11.9. The fourth-order valence-electron chi connectivity index (χ4n) is 1.26. The minimum Gasteiger partial charge on any atom is -0.479 e. The Morgan fingerprint density at radius 3 is 2.76 bits per heavy atom. The first-order chi connectivity index (χ1) is 7.95. The summed E-state index contributed by atoms with van der Waals surface area (Å²) in [6, 6.07) is 4.72. The molecule has 0 saturated carbocycles. The molecule has 4 nitrogen and oxygen atoms in total. The van der Waals surface area contributed by atoms with E-state index in [0.29, 0.717) is 22.8 Å². The summed E-state index contributed by atoms with van der Waals surface area (Å²) in [5, 5.41) is 9.34. The van der Waals surface area contributed by atoms with Crippen molar-refractivity contribution in [3.63, 3.8) is 0 Å². The topological polar surface area (TPSA) is 72.5 Å². The van der Waals surface area contributed by atoms with E-state index in [0.717, 1.165) is 0 Å². The Morgan fingerprint density at radius 1 is 1.65 bits per heavy atom. The molecule has 0 amide bonds. The van der Waals surface area contributed by atoms with Gasteiger partial charge in [0.25, 0.3) is 0 Å². The molecule has 0 saturated heterocycles. The molecule has 1 atom stereocenters. The number of halogens is 1. The number of nitrogens with two attached hydrogens (primary N) is 1. The summed E-state index contributed by atoms with van der Waals surface area (Å²) < 4.78 is 5.35. The van der Waals surface area contributed by atoms with Gasteiger partial charge in [-0.3, -0.25) is 0 Å². The van der Waals surface area contributed by atoms with Gasteiger partial charge in [0.2, 0.25) is 0 Å². The Balaban J connectivity index is 3.07. The third-order valence-corrected chi connectivity index (χ3v) is 2.58. The molecule has 0 bridgehead atoms. The Kier molecular flexibility index (Phi) is 4.72. The Bertz CT molecular complexity index is 450. The molecule has 1 aromatic rings. The summed E-state index contributed by atoms with van der Waals surface area (Å²) in [6.07, 6.45) is -0.611. The third kappa shape index (κ3) is 3.57. The van der Waals surface area contributed by atoms with Crippen molar-refractivity contribution in [2.45, 2.75) is 19.4 Å². The highest BCUT2D eigenvalue weighted by Gasteiger charge is 2.19. The van der Waals surface area contributed by atoms with Crippen LogP contribution in [0, 0.1) is 0 Å². The summed E-state index contributed by atoms with van der Waals surface area (Å²) >= 11 is 10.7. The summed E-state index contributed by atoms with van der Waals surface area (Å²) in [5.74, 6) is -0.749. The van der Waals surface area contributed by atoms with Crippen LogP contribution >= 0.6 is 23.8 Å². The van der Waals surface area contributed by atoms with E-state index in [4.69, 9.17) is 39.4 Å². The Hall–Kier alpha value is -1.33. The van der Waals surface area contributed by atoms with Crippen LogP contribution in [0.25, 0.3) is 0 Å². The Labute approximate surface area is 109 Å². The van der Waals surface area contributed by atoms with E-state index in [1.54, 1.807) is 19.1 Å². The number of rotatable bonds is 5. The number of carboxylic acids is 1. The van der Waals surface area contributed by atoms with E-state index in [2.05, 4.69) is 0 Å². The van der Waals surface area contributed by atoms with Crippen LogP contribution in [-0.2, 0) is 4.79 Å². The van der Waals surface area contributed by atoms with Gasteiger partial charge >= 0.3 is 5.97 Å². The number of carboxylic acid groups (broad SMARTS) is 1. The maximum Gasteiger partial charge on any atom is 0.344 e. The molecule has 0 aliphatic carbocycles. The first-order valence-electron chi connectivity index (χ1n) is 4.94. The van der Waals surface area contributed by atoms with E-state index < -0.39 is 12.1 Å². The van der Waals surface area contributed by atoms with Crippen molar-refractivity contribution in [1.29, 1.82) is 0 Å². The lowest BCUT2D eigenvalue weighted by Gasteiger charge is -2.16. The molecule has 6 heteroatoms. The summed E-state index contributed by atoms with van der Waals surface area (Å²) in [7, 11) is 0. The maximum atomic E-state index is 10.9. The van der Waals surface area contributed by atoms with Crippen molar-refractivity contribution in [3.05, 3.63) is 28.8 Å². The molecule has 92 valence electrons. The lowest BCUT2D eigenvalue weighted by molar-refractivity contribution is -0.145. The van der Waals surface area contributed by atoms with Gasteiger partial charge in [0, 0.05) is 5.02 Å². The average Bonchev–Trinajstić information content (AvgIpc) is 2.25. The van der Waals surface area contributed by atoms with Crippen LogP contribution in [0.1, 0.15) is 18.9 Å². The highest BCUT2D eigenvalue weighted by Crippen LogP contribution is 2.25. The van der Waals surface area contributed by atoms with E-state index >= 15 is 0 Å². The van der Waals surface area contributed by atoms with Crippen molar-refractivity contribution in [2.24, 2.45) is 5.73 Å². The molecule has 0 spiro atoms. The van der Waals surface area contributed by atoms with Crippen molar-refractivity contribution in [1.82, 2.24) is 0 Å². The molecule has 1 rings (SSSR count). The summed E-state index contributed by atoms with van der Waals surface area (Å²) in [5.41, 5.74) is 5.99. The number of aliphatic carboxylic acids is 1. The minimum atomic E-state index is -1.04. The highest BCUT2D eigenvalue weighted by molar-refractivity contribution is 7.80. The second kappa shape index (κ2) is 5.84. The maximum absolute atomic E-state index is 10.9. The summed E-state index contributed by atoms with van der Waals surface area (Å²) in [6.45, 7) is 1.71. The smallest absolute Gasteiger partial charge is 0.344 e. The highest BCUT2D eigenvalue weighted by atomic mass is 35.5. The average molecular weight is 274 g/mol. The van der Waals surface area contributed by atoms with Gasteiger partial charge in [0.05, 0.1) is 5.56 Å². The summed E-state index contributed by atoms with van der Waals surface area (Å²) in [4.78, 5) is 11.0. The number of hydrogen-bond donors (Lipinski definition) is 2. The molecule has 17 heavy (non-hydrogen) atoms. The van der Waals surface area contributed by atoms with Gasteiger partial charge in [-0.1, -0.05) is 30.7 Å². The van der Waals surface area contributed by atoms with Crippen molar-refractivity contribution >= 4 is 34.8 Å². The predicted molar refractivity (Wildman–Crippen MR) is 69.7 cm³/mol. The monoisotopic (exact) mass is 273 g/mol. The standard InChI is InChI=1S/C11H12ClNO3S/c1-2-8(11(14)15)16-9-5-6(12)3-4-7(9)10(13)17/h3-5,8H,2H2,1H3,(H2,13,17)(H,14,15). The zero-order valence-corrected chi connectivity index (χ0v) is 10.7. The molecule has 3 N–H and O–H groups in total. The molecule has 0 radical (unpaired) electrons. The third-order valence-electron chi connectivity index (χ3n) is 2.12. The molecule has 0 aliphatic heterocycles. The fourth-order valence-corrected chi connectivity index (χ4v) is 1.59. The van der Waals surface area contributed by atoms with Gasteiger partial charge in [-0.2, -0.15) is 0 Å². The Morgan fingerprint density at radius 2 is 2.29 bits per heavy atom. The van der Waals surface area contributed by atoms with Gasteiger partial charge < -0.3 is 15.6 Å². The van der Waals surface area contributed by atoms with Crippen LogP contribution in [0.3, 0.4) is 0 Å². The van der Waals surface area contributed by atoms with E-state index in [9.17, 15) is 4.79 Å². The number of hydrogen-bond acceptors (Lipinski definition) is 3. The van der Waals surface area contributed by atoms with Gasteiger partial charge in [0.15, 0.2) is 6.10 Å². The van der Waals surface area contributed by atoms with Crippen molar-refractivity contribution in [2.75, 3.05) is 0 Å². The zero-order valence-electron chi connectivity index (χ0n) is 9.14. The predicted octanol–water partition coefficient (Wildman–Crippen LogP) is 2.22. The first kappa shape index (κ1) is 13.7. The lowest BCUT2D eigenvalue weighted by atomic mass is 10.2. The zero-order chi connectivity index (χ0) is 13.0. The van der Waals surface area contributed by atoms with Crippen LogP contribution < -0.4 is 10.5 Å². The first-order valence-corrected chi connectivity index (χ1v) is 5.73. The van der Waals surface area contributed by atoms with Crippen LogP contribution in [0.2, 0.25) is 5.02 Å². The van der Waals surface area contributed by atoms with Crippen LogP contribution in [0.15, 0.2) is 18.2 Å². The molecule has 0 heterocycles. The van der Waals surface area contributed by atoms with Gasteiger partial charge in [-0.25, -0.2) is 4.79 Å². The molecule has 0 fully saturated rings. The molecule has 1 aromatic carbocycles. The van der Waals surface area contributed by atoms with Gasteiger partial charge in [0.1, 0.15) is 10.7 Å². The van der Waals surface area contributed by atoms with Crippen LogP contribution in [0.5, 0.6) is 5.75 Å². The number of benzene rings is 1. The molecular formula is C11H12ClNO3S. The molecule has 0 aromatic heterocycles. The SMILES string of the molecule is CCC(Oc1cc(Cl)ccc1C(N)=S)C(=O)O. The van der Waals surface area contributed by atoms with Crippen LogP contribution in [-0.4, -0.2) is 22.2 Å². The number of ether oxygens (including phenoxy) is 1. The quantitative estimate of drug-likeness (QED) is 0.805. The number of carbonyl (C=O) groups is 1. The molecule has 0 aliphatic rings. The van der Waals surface area contributed by atoms with Gasteiger partial charge in [-0.05, 0) is 24.6 Å². The molecule has 1 unspecified atom stereocenters.